The Morgan fingerprint density at radius 1 is 1.07 bits per heavy atom. The molecule has 1 aromatic carbocycles. The third-order valence-electron chi connectivity index (χ3n) is 5.77. The van der Waals surface area contributed by atoms with E-state index in [1.807, 2.05) is 6.07 Å². The van der Waals surface area contributed by atoms with Crippen molar-refractivity contribution >= 4 is 28.7 Å². The van der Waals surface area contributed by atoms with E-state index in [0.29, 0.717) is 6.04 Å². The average Bonchev–Trinajstić information content (AvgIpc) is 3.25. The molecule has 0 unspecified atom stereocenters. The largest absolute Gasteiger partial charge is 0.493 e. The molecule has 1 saturated carbocycles. The Kier molecular flexibility index (Phi) is 9.27. The Hall–Kier alpha value is -1.79. The predicted molar refractivity (Wildman–Crippen MR) is 130 cm³/mol. The Labute approximate surface area is 190 Å². The maximum absolute atomic E-state index is 5.89. The van der Waals surface area contributed by atoms with E-state index in [1.54, 1.807) is 25.6 Å². The standard InChI is InChI=1S/C24H34N2O2S2/c1-27-22-13-12-19(17-23(22)28-2)14-15-26(18-21-11-8-16-30-21)24(29)25-20-9-6-4-3-5-7-10-20/h8,11-13,16-17,20H,3-7,9-10,14-15,18H2,1-2H3,(H,25,29). The van der Waals surface area contributed by atoms with Crippen molar-refractivity contribution in [2.24, 2.45) is 0 Å². The van der Waals surface area contributed by atoms with E-state index >= 15 is 0 Å². The number of hydrogen-bond acceptors (Lipinski definition) is 4. The van der Waals surface area contributed by atoms with Gasteiger partial charge in [-0.25, -0.2) is 0 Å². The first-order chi connectivity index (χ1) is 14.7. The van der Waals surface area contributed by atoms with Crippen LogP contribution >= 0.6 is 23.6 Å². The molecule has 0 spiro atoms. The third-order valence-corrected chi connectivity index (χ3v) is 7.00. The predicted octanol–water partition coefficient (Wildman–Crippen LogP) is 5.80. The molecule has 0 saturated heterocycles. The van der Waals surface area contributed by atoms with Crippen LogP contribution in [0.4, 0.5) is 0 Å². The zero-order chi connectivity index (χ0) is 21.2. The highest BCUT2D eigenvalue weighted by molar-refractivity contribution is 7.80. The molecule has 30 heavy (non-hydrogen) atoms. The molecule has 1 N–H and O–H groups in total. The third kappa shape index (κ3) is 6.88. The van der Waals surface area contributed by atoms with Crippen molar-refractivity contribution in [2.75, 3.05) is 20.8 Å². The Morgan fingerprint density at radius 3 is 2.47 bits per heavy atom. The maximum Gasteiger partial charge on any atom is 0.169 e. The van der Waals surface area contributed by atoms with Crippen LogP contribution in [-0.4, -0.2) is 36.8 Å². The van der Waals surface area contributed by atoms with E-state index in [0.717, 1.165) is 36.1 Å². The monoisotopic (exact) mass is 446 g/mol. The van der Waals surface area contributed by atoms with Crippen LogP contribution in [0.2, 0.25) is 0 Å². The Bertz CT molecular complexity index is 772. The summed E-state index contributed by atoms with van der Waals surface area (Å²) in [7, 11) is 3.35. The van der Waals surface area contributed by atoms with Crippen LogP contribution in [0.15, 0.2) is 35.7 Å². The lowest BCUT2D eigenvalue weighted by Crippen LogP contribution is -2.45. The Morgan fingerprint density at radius 2 is 1.80 bits per heavy atom. The van der Waals surface area contributed by atoms with E-state index in [2.05, 4.69) is 39.9 Å². The number of ether oxygens (including phenoxy) is 2. The van der Waals surface area contributed by atoms with Crippen LogP contribution in [0.1, 0.15) is 55.4 Å². The second-order valence-corrected chi connectivity index (χ2v) is 9.35. The van der Waals surface area contributed by atoms with Gasteiger partial charge in [0.05, 0.1) is 20.8 Å². The summed E-state index contributed by atoms with van der Waals surface area (Å²) in [5.74, 6) is 1.54. The van der Waals surface area contributed by atoms with Gasteiger partial charge in [0.2, 0.25) is 0 Å². The van der Waals surface area contributed by atoms with Crippen molar-refractivity contribution in [1.29, 1.82) is 0 Å². The van der Waals surface area contributed by atoms with Crippen LogP contribution in [0.25, 0.3) is 0 Å². The van der Waals surface area contributed by atoms with Crippen LogP contribution in [-0.2, 0) is 13.0 Å². The van der Waals surface area contributed by atoms with Crippen LogP contribution in [0.3, 0.4) is 0 Å². The zero-order valence-corrected chi connectivity index (χ0v) is 19.8. The fraction of sp³-hybridized carbons (Fsp3) is 0.542. The first-order valence-corrected chi connectivity index (χ1v) is 12.3. The summed E-state index contributed by atoms with van der Waals surface area (Å²) in [6.07, 6.45) is 10.0. The minimum absolute atomic E-state index is 0.504. The molecule has 1 aliphatic rings. The van der Waals surface area contributed by atoms with Crippen molar-refractivity contribution in [2.45, 2.75) is 64.0 Å². The number of thiophene rings is 1. The van der Waals surface area contributed by atoms with Gasteiger partial charge in [0, 0.05) is 17.5 Å². The highest BCUT2D eigenvalue weighted by Crippen LogP contribution is 2.28. The molecule has 1 fully saturated rings. The van der Waals surface area contributed by atoms with Gasteiger partial charge in [-0.1, -0.05) is 44.2 Å². The molecule has 1 heterocycles. The summed E-state index contributed by atoms with van der Waals surface area (Å²) in [4.78, 5) is 3.65. The number of hydrogen-bond donors (Lipinski definition) is 1. The quantitative estimate of drug-likeness (QED) is 0.519. The molecule has 0 aliphatic heterocycles. The fourth-order valence-corrected chi connectivity index (χ4v) is 5.05. The minimum Gasteiger partial charge on any atom is -0.493 e. The van der Waals surface area contributed by atoms with Gasteiger partial charge in [-0.05, 0) is 60.6 Å². The highest BCUT2D eigenvalue weighted by atomic mass is 32.1. The summed E-state index contributed by atoms with van der Waals surface area (Å²) in [6, 6.07) is 10.9. The summed E-state index contributed by atoms with van der Waals surface area (Å²) in [5.41, 5.74) is 1.22. The molecular weight excluding hydrogens is 412 g/mol. The van der Waals surface area contributed by atoms with Gasteiger partial charge in [-0.3, -0.25) is 0 Å². The van der Waals surface area contributed by atoms with Gasteiger partial charge >= 0.3 is 0 Å². The lowest BCUT2D eigenvalue weighted by molar-refractivity contribution is 0.353. The maximum atomic E-state index is 5.89. The summed E-state index contributed by atoms with van der Waals surface area (Å²) in [6.45, 7) is 1.72. The lowest BCUT2D eigenvalue weighted by atomic mass is 9.97. The van der Waals surface area contributed by atoms with E-state index in [-0.39, 0.29) is 0 Å². The van der Waals surface area contributed by atoms with E-state index < -0.39 is 0 Å². The molecule has 0 amide bonds. The van der Waals surface area contributed by atoms with Gasteiger partial charge in [-0.15, -0.1) is 11.3 Å². The molecule has 0 bridgehead atoms. The van der Waals surface area contributed by atoms with Gasteiger partial charge in [0.15, 0.2) is 16.6 Å². The van der Waals surface area contributed by atoms with Gasteiger partial charge in [0.25, 0.3) is 0 Å². The number of methoxy groups -OCH3 is 2. The SMILES string of the molecule is COc1ccc(CCN(Cc2cccs2)C(=S)NC2CCCCCCC2)cc1OC. The van der Waals surface area contributed by atoms with Gasteiger partial charge in [-0.2, -0.15) is 0 Å². The van der Waals surface area contributed by atoms with Crippen LogP contribution in [0.5, 0.6) is 11.5 Å². The number of nitrogens with zero attached hydrogens (tertiary/aromatic N) is 1. The molecule has 3 rings (SSSR count). The second-order valence-electron chi connectivity index (χ2n) is 7.93. The van der Waals surface area contributed by atoms with Crippen LogP contribution < -0.4 is 14.8 Å². The molecule has 2 aromatic rings. The smallest absolute Gasteiger partial charge is 0.169 e. The van der Waals surface area contributed by atoms with Crippen molar-refractivity contribution in [3.05, 3.63) is 46.2 Å². The first-order valence-electron chi connectivity index (χ1n) is 11.0. The van der Waals surface area contributed by atoms with Gasteiger partial charge in [0.1, 0.15) is 0 Å². The Balaban J connectivity index is 1.65. The van der Waals surface area contributed by atoms with Crippen molar-refractivity contribution in [3.63, 3.8) is 0 Å². The van der Waals surface area contributed by atoms with Crippen molar-refractivity contribution < 1.29 is 9.47 Å². The molecule has 6 heteroatoms. The fourth-order valence-electron chi connectivity index (χ4n) is 4.01. The number of benzene rings is 1. The average molecular weight is 447 g/mol. The minimum atomic E-state index is 0.504. The summed E-state index contributed by atoms with van der Waals surface area (Å²) >= 11 is 7.67. The molecule has 0 radical (unpaired) electrons. The van der Waals surface area contributed by atoms with Gasteiger partial charge < -0.3 is 19.7 Å². The molecule has 1 aliphatic carbocycles. The molecular formula is C24H34N2O2S2. The molecule has 0 atom stereocenters. The first kappa shape index (κ1) is 22.9. The zero-order valence-electron chi connectivity index (χ0n) is 18.2. The van der Waals surface area contributed by atoms with E-state index in [4.69, 9.17) is 21.7 Å². The molecule has 4 nitrogen and oxygen atoms in total. The summed E-state index contributed by atoms with van der Waals surface area (Å²) < 4.78 is 10.8. The summed E-state index contributed by atoms with van der Waals surface area (Å²) in [5, 5.41) is 6.71. The number of nitrogens with one attached hydrogen (secondary N) is 1. The second kappa shape index (κ2) is 12.2. The van der Waals surface area contributed by atoms with Crippen molar-refractivity contribution in [3.8, 4) is 11.5 Å². The van der Waals surface area contributed by atoms with E-state index in [9.17, 15) is 0 Å². The molecule has 1 aromatic heterocycles. The van der Waals surface area contributed by atoms with Crippen molar-refractivity contribution in [1.82, 2.24) is 10.2 Å². The lowest BCUT2D eigenvalue weighted by Gasteiger charge is -2.30. The van der Waals surface area contributed by atoms with Crippen LogP contribution in [0, 0.1) is 0 Å². The highest BCUT2D eigenvalue weighted by Gasteiger charge is 2.17. The number of thiocarbonyl (C=S) groups is 1. The van der Waals surface area contributed by atoms with E-state index in [1.165, 1.54) is 55.4 Å². The number of rotatable bonds is 8. The normalized spacial score (nSPS) is 15.1. The molecule has 164 valence electrons. The topological polar surface area (TPSA) is 33.7 Å².